The Hall–Kier alpha value is -0.190. The molecule has 104 valence electrons. The summed E-state index contributed by atoms with van der Waals surface area (Å²) in [4.78, 5) is 0.356. The zero-order valence-electron chi connectivity index (χ0n) is 10.3. The minimum absolute atomic E-state index is 0.0176. The van der Waals surface area contributed by atoms with Gasteiger partial charge in [-0.3, -0.25) is 0 Å². The first kappa shape index (κ1) is 13.8. The summed E-state index contributed by atoms with van der Waals surface area (Å²) in [6.07, 6.45) is 1.75. The van der Waals surface area contributed by atoms with Crippen LogP contribution in [0.2, 0.25) is 0 Å². The third-order valence-corrected chi connectivity index (χ3v) is 7.53. The second kappa shape index (κ2) is 5.30. The number of fused-ring (bicyclic) bond motifs is 1. The van der Waals surface area contributed by atoms with Crippen LogP contribution in [-0.4, -0.2) is 37.5 Å². The molecule has 0 bridgehead atoms. The van der Waals surface area contributed by atoms with Crippen molar-refractivity contribution < 1.29 is 12.9 Å². The summed E-state index contributed by atoms with van der Waals surface area (Å²) in [7, 11) is -4.43. The van der Waals surface area contributed by atoms with Gasteiger partial charge in [-0.15, -0.1) is 0 Å². The second-order valence-electron chi connectivity index (χ2n) is 4.84. The van der Waals surface area contributed by atoms with Gasteiger partial charge >= 0.3 is 0 Å². The normalized spacial score (nSPS) is 31.5. The average molecular weight is 320 g/mol. The highest BCUT2D eigenvalue weighted by Crippen LogP contribution is 2.58. The van der Waals surface area contributed by atoms with Crippen LogP contribution >= 0.6 is 18.9 Å². The van der Waals surface area contributed by atoms with E-state index in [1.54, 1.807) is 24.3 Å². The fourth-order valence-electron chi connectivity index (χ4n) is 2.67. The first-order chi connectivity index (χ1) is 9.08. The molecule has 2 heterocycles. The van der Waals surface area contributed by atoms with Crippen LogP contribution in [0.5, 0.6) is 0 Å². The van der Waals surface area contributed by atoms with Gasteiger partial charge in [0.05, 0.1) is 16.8 Å². The van der Waals surface area contributed by atoms with Crippen LogP contribution in [-0.2, 0) is 14.4 Å². The molecule has 1 unspecified atom stereocenters. The maximum absolute atomic E-state index is 12.3. The third-order valence-electron chi connectivity index (χ3n) is 3.61. The van der Waals surface area contributed by atoms with E-state index in [0.29, 0.717) is 4.90 Å². The number of nitrogens with zero attached hydrogens (tertiary/aromatic N) is 1. The number of hydrogen-bond donors (Lipinski definition) is 0. The summed E-state index contributed by atoms with van der Waals surface area (Å²) in [5, 5.41) is 0. The molecule has 2 aliphatic rings. The SMILES string of the molecule is O=S(=O)(C[C@@H]1OP(Cl)N2CCC[C@H]12)c1ccccc1. The van der Waals surface area contributed by atoms with Gasteiger partial charge in [-0.1, -0.05) is 18.2 Å². The summed E-state index contributed by atoms with van der Waals surface area (Å²) in [5.74, 6) is 0.0176. The molecule has 2 fully saturated rings. The molecule has 2 aliphatic heterocycles. The van der Waals surface area contributed by atoms with Gasteiger partial charge in [-0.05, 0) is 36.2 Å². The monoisotopic (exact) mass is 319 g/mol. The van der Waals surface area contributed by atoms with Crippen molar-refractivity contribution in [1.29, 1.82) is 0 Å². The molecule has 0 radical (unpaired) electrons. The van der Waals surface area contributed by atoms with Crippen LogP contribution < -0.4 is 0 Å². The van der Waals surface area contributed by atoms with Gasteiger partial charge in [0.15, 0.2) is 9.84 Å². The molecule has 4 nitrogen and oxygen atoms in total. The molecule has 0 amide bonds. The lowest BCUT2D eigenvalue weighted by Crippen LogP contribution is -2.33. The molecule has 1 aromatic carbocycles. The Kier molecular flexibility index (Phi) is 3.84. The number of sulfone groups is 1. The molecule has 0 spiro atoms. The molecule has 2 saturated heterocycles. The van der Waals surface area contributed by atoms with Gasteiger partial charge in [0.1, 0.15) is 0 Å². The van der Waals surface area contributed by atoms with E-state index in [2.05, 4.69) is 4.67 Å². The lowest BCUT2D eigenvalue weighted by Gasteiger charge is -2.17. The minimum Gasteiger partial charge on any atom is -0.325 e. The van der Waals surface area contributed by atoms with Crippen LogP contribution in [0.25, 0.3) is 0 Å². The second-order valence-corrected chi connectivity index (χ2v) is 8.92. The van der Waals surface area contributed by atoms with Gasteiger partial charge in [0, 0.05) is 12.6 Å². The third kappa shape index (κ3) is 2.67. The molecule has 0 saturated carbocycles. The van der Waals surface area contributed by atoms with Crippen LogP contribution in [0.3, 0.4) is 0 Å². The van der Waals surface area contributed by atoms with Crippen LogP contribution in [0, 0.1) is 0 Å². The van der Waals surface area contributed by atoms with E-state index in [1.165, 1.54) is 0 Å². The lowest BCUT2D eigenvalue weighted by molar-refractivity contribution is 0.235. The maximum atomic E-state index is 12.3. The first-order valence-corrected chi connectivity index (χ1v) is 10.0. The highest BCUT2D eigenvalue weighted by Gasteiger charge is 2.46. The first-order valence-electron chi connectivity index (χ1n) is 6.25. The summed E-state index contributed by atoms with van der Waals surface area (Å²) in [6, 6.07) is 8.70. The highest BCUT2D eigenvalue weighted by molar-refractivity contribution is 7.91. The van der Waals surface area contributed by atoms with Crippen LogP contribution in [0.4, 0.5) is 0 Å². The van der Waals surface area contributed by atoms with E-state index < -0.39 is 17.5 Å². The Morgan fingerprint density at radius 1 is 1.37 bits per heavy atom. The number of benzene rings is 1. The molecule has 3 rings (SSSR count). The Bertz CT molecular complexity index is 553. The van der Waals surface area contributed by atoms with Crippen molar-refractivity contribution in [2.75, 3.05) is 12.3 Å². The van der Waals surface area contributed by atoms with E-state index in [9.17, 15) is 8.42 Å². The number of hydrogen-bond acceptors (Lipinski definition) is 4. The fraction of sp³-hybridized carbons (Fsp3) is 0.500. The van der Waals surface area contributed by atoms with E-state index >= 15 is 0 Å². The van der Waals surface area contributed by atoms with Crippen molar-refractivity contribution in [2.45, 2.75) is 29.9 Å². The van der Waals surface area contributed by atoms with E-state index in [1.807, 2.05) is 6.07 Å². The lowest BCUT2D eigenvalue weighted by atomic mass is 10.1. The van der Waals surface area contributed by atoms with Crippen molar-refractivity contribution in [3.63, 3.8) is 0 Å². The Labute approximate surface area is 119 Å². The quantitative estimate of drug-likeness (QED) is 0.804. The molecule has 19 heavy (non-hydrogen) atoms. The molecule has 0 aromatic heterocycles. The summed E-state index contributed by atoms with van der Waals surface area (Å²) < 4.78 is 32.5. The Morgan fingerprint density at radius 2 is 2.11 bits per heavy atom. The number of halogens is 1. The fourth-order valence-corrected chi connectivity index (χ4v) is 6.49. The van der Waals surface area contributed by atoms with Crippen molar-refractivity contribution >= 4 is 28.7 Å². The topological polar surface area (TPSA) is 46.6 Å². The summed E-state index contributed by atoms with van der Waals surface area (Å²) in [6.45, 7) is 0.918. The Morgan fingerprint density at radius 3 is 2.84 bits per heavy atom. The molecule has 0 aliphatic carbocycles. The van der Waals surface area contributed by atoms with Crippen LogP contribution in [0.1, 0.15) is 12.8 Å². The largest absolute Gasteiger partial charge is 0.325 e. The van der Waals surface area contributed by atoms with E-state index in [0.717, 1.165) is 19.4 Å². The predicted octanol–water partition coefficient (Wildman–Crippen LogP) is 2.79. The molecular formula is C12H15ClNO3PS. The van der Waals surface area contributed by atoms with Crippen molar-refractivity contribution in [3.05, 3.63) is 30.3 Å². The predicted molar refractivity (Wildman–Crippen MR) is 75.9 cm³/mol. The van der Waals surface area contributed by atoms with Crippen molar-refractivity contribution in [1.82, 2.24) is 4.67 Å². The minimum atomic E-state index is -3.31. The molecule has 0 N–H and O–H groups in total. The van der Waals surface area contributed by atoms with Crippen LogP contribution in [0.15, 0.2) is 35.2 Å². The smallest absolute Gasteiger partial charge is 0.207 e. The van der Waals surface area contributed by atoms with Gasteiger partial charge in [0.25, 0.3) is 0 Å². The van der Waals surface area contributed by atoms with Gasteiger partial charge < -0.3 is 4.52 Å². The van der Waals surface area contributed by atoms with Gasteiger partial charge in [0.2, 0.25) is 7.65 Å². The Balaban J connectivity index is 1.78. The van der Waals surface area contributed by atoms with E-state index in [-0.39, 0.29) is 17.9 Å². The molecule has 3 atom stereocenters. The maximum Gasteiger partial charge on any atom is 0.207 e. The molecule has 1 aromatic rings. The number of rotatable bonds is 3. The van der Waals surface area contributed by atoms with Crippen molar-refractivity contribution in [3.8, 4) is 0 Å². The molecule has 7 heteroatoms. The van der Waals surface area contributed by atoms with Crippen molar-refractivity contribution in [2.24, 2.45) is 0 Å². The van der Waals surface area contributed by atoms with Gasteiger partial charge in [-0.25, -0.2) is 13.1 Å². The zero-order valence-corrected chi connectivity index (χ0v) is 12.7. The summed E-state index contributed by atoms with van der Waals surface area (Å²) in [5.41, 5.74) is 0. The highest BCUT2D eigenvalue weighted by atomic mass is 35.7. The molecular weight excluding hydrogens is 305 g/mol. The van der Waals surface area contributed by atoms with E-state index in [4.69, 9.17) is 15.8 Å². The summed E-state index contributed by atoms with van der Waals surface area (Å²) >= 11 is 6.16. The zero-order chi connectivity index (χ0) is 13.5. The van der Waals surface area contributed by atoms with Gasteiger partial charge in [-0.2, -0.15) is 0 Å². The standard InChI is InChI=1S/C12H15ClNO3PS/c13-18-14-8-4-7-11(14)12(17-18)9-19(15,16)10-5-2-1-3-6-10/h1-3,5-6,11-12H,4,7-9H2/t11-,12+,18?/m1/s1. The average Bonchev–Trinajstić information content (AvgIpc) is 2.96.